The Kier molecular flexibility index (Phi) is 3.21. The van der Waals surface area contributed by atoms with Crippen molar-refractivity contribution < 1.29 is 4.39 Å². The van der Waals surface area contributed by atoms with E-state index in [0.717, 1.165) is 6.20 Å². The molecule has 0 amide bonds. The highest BCUT2D eigenvalue weighted by molar-refractivity contribution is 6.30. The summed E-state index contributed by atoms with van der Waals surface area (Å²) >= 11 is 5.82. The summed E-state index contributed by atoms with van der Waals surface area (Å²) in [7, 11) is 0. The van der Waals surface area contributed by atoms with Crippen LogP contribution in [-0.2, 0) is 0 Å². The molecule has 2 heterocycles. The maximum absolute atomic E-state index is 12.7. The van der Waals surface area contributed by atoms with E-state index in [1.54, 1.807) is 6.07 Å². The first-order valence-electron chi connectivity index (χ1n) is 4.86. The Balaban J connectivity index is 2.39. The zero-order valence-electron chi connectivity index (χ0n) is 8.77. The van der Waals surface area contributed by atoms with Gasteiger partial charge in [-0.2, -0.15) is 0 Å². The van der Waals surface area contributed by atoms with Gasteiger partial charge in [0, 0.05) is 11.8 Å². The smallest absolute Gasteiger partial charge is 0.141 e. The van der Waals surface area contributed by atoms with Gasteiger partial charge in [-0.25, -0.2) is 9.37 Å². The predicted molar refractivity (Wildman–Crippen MR) is 63.9 cm³/mol. The lowest BCUT2D eigenvalue weighted by molar-refractivity contribution is 0.617. The lowest BCUT2D eigenvalue weighted by Gasteiger charge is -2.13. The quantitative estimate of drug-likeness (QED) is 0.856. The van der Waals surface area contributed by atoms with E-state index in [2.05, 4.69) is 9.97 Å². The van der Waals surface area contributed by atoms with E-state index < -0.39 is 11.9 Å². The third kappa shape index (κ3) is 2.51. The summed E-state index contributed by atoms with van der Waals surface area (Å²) in [4.78, 5) is 7.81. The molecule has 6 heteroatoms. The van der Waals surface area contributed by atoms with Crippen LogP contribution in [0.1, 0.15) is 17.3 Å². The molecule has 2 aromatic heterocycles. The largest absolute Gasteiger partial charge is 0.383 e. The van der Waals surface area contributed by atoms with E-state index >= 15 is 0 Å². The molecule has 1 unspecified atom stereocenters. The van der Waals surface area contributed by atoms with Gasteiger partial charge in [0.25, 0.3) is 0 Å². The van der Waals surface area contributed by atoms with E-state index in [1.165, 1.54) is 18.3 Å². The van der Waals surface area contributed by atoms with Gasteiger partial charge in [0.05, 0.1) is 23.0 Å². The van der Waals surface area contributed by atoms with Gasteiger partial charge in [0.1, 0.15) is 11.6 Å². The van der Waals surface area contributed by atoms with Crippen molar-refractivity contribution in [2.45, 2.75) is 6.04 Å². The molecule has 0 saturated carbocycles. The molecule has 0 aliphatic heterocycles. The summed E-state index contributed by atoms with van der Waals surface area (Å²) in [5.41, 5.74) is 12.7. The molecule has 0 aliphatic carbocycles. The number of nitrogens with two attached hydrogens (primary N) is 2. The highest BCUT2D eigenvalue weighted by atomic mass is 35.5. The molecule has 0 saturated heterocycles. The van der Waals surface area contributed by atoms with Crippen LogP contribution in [0.5, 0.6) is 0 Å². The molecule has 88 valence electrons. The monoisotopic (exact) mass is 252 g/mol. The lowest BCUT2D eigenvalue weighted by atomic mass is 10.1. The molecule has 2 aromatic rings. The Labute approximate surface area is 102 Å². The van der Waals surface area contributed by atoms with E-state index in [0.29, 0.717) is 16.3 Å². The summed E-state index contributed by atoms with van der Waals surface area (Å²) in [5, 5.41) is 0.437. The molecule has 17 heavy (non-hydrogen) atoms. The summed E-state index contributed by atoms with van der Waals surface area (Å²) in [6.45, 7) is 0. The number of halogens is 2. The molecular formula is C11H10ClFN4. The van der Waals surface area contributed by atoms with E-state index in [9.17, 15) is 4.39 Å². The van der Waals surface area contributed by atoms with Gasteiger partial charge in [0.2, 0.25) is 0 Å². The van der Waals surface area contributed by atoms with Gasteiger partial charge in [-0.3, -0.25) is 4.98 Å². The maximum Gasteiger partial charge on any atom is 0.141 e. The minimum atomic E-state index is -0.582. The van der Waals surface area contributed by atoms with Crippen molar-refractivity contribution in [3.63, 3.8) is 0 Å². The van der Waals surface area contributed by atoms with Crippen LogP contribution in [0.15, 0.2) is 30.6 Å². The second kappa shape index (κ2) is 4.65. The second-order valence-corrected chi connectivity index (χ2v) is 3.94. The molecule has 1 atom stereocenters. The molecule has 0 bridgehead atoms. The molecule has 0 fully saturated rings. The summed E-state index contributed by atoms with van der Waals surface area (Å²) < 4.78 is 12.7. The van der Waals surface area contributed by atoms with Gasteiger partial charge in [-0.15, -0.1) is 0 Å². The van der Waals surface area contributed by atoms with E-state index in [1.807, 2.05) is 0 Å². The van der Waals surface area contributed by atoms with Gasteiger partial charge in [-0.05, 0) is 18.2 Å². The van der Waals surface area contributed by atoms with E-state index in [4.69, 9.17) is 23.1 Å². The van der Waals surface area contributed by atoms with Crippen LogP contribution in [0.3, 0.4) is 0 Å². The number of hydrogen-bond acceptors (Lipinski definition) is 4. The van der Waals surface area contributed by atoms with Gasteiger partial charge < -0.3 is 11.5 Å². The third-order valence-corrected chi connectivity index (χ3v) is 2.53. The number of anilines is 1. The predicted octanol–water partition coefficient (Wildman–Crippen LogP) is 1.90. The van der Waals surface area contributed by atoms with E-state index in [-0.39, 0.29) is 5.82 Å². The second-order valence-electron chi connectivity index (χ2n) is 3.51. The van der Waals surface area contributed by atoms with Gasteiger partial charge >= 0.3 is 0 Å². The van der Waals surface area contributed by atoms with Crippen LogP contribution in [0.4, 0.5) is 10.2 Å². The molecule has 0 spiro atoms. The standard InChI is InChI=1S/C11H10ClFN4/c12-6-3-8(11(15)17-4-6)10(14)9-2-1-7(13)5-16-9/h1-5,10H,14H2,(H2,15,17). The van der Waals surface area contributed by atoms with Crippen LogP contribution in [-0.4, -0.2) is 9.97 Å². The normalized spacial score (nSPS) is 12.4. The van der Waals surface area contributed by atoms with Crippen LogP contribution < -0.4 is 11.5 Å². The summed E-state index contributed by atoms with van der Waals surface area (Å²) in [6, 6.07) is 3.83. The zero-order chi connectivity index (χ0) is 12.4. The van der Waals surface area contributed by atoms with Crippen molar-refractivity contribution in [3.8, 4) is 0 Å². The number of nitrogens with zero attached hydrogens (tertiary/aromatic N) is 2. The fraction of sp³-hybridized carbons (Fsp3) is 0.0909. The Morgan fingerprint density at radius 2 is 2.00 bits per heavy atom. The highest BCUT2D eigenvalue weighted by Crippen LogP contribution is 2.24. The third-order valence-electron chi connectivity index (χ3n) is 2.32. The molecule has 0 radical (unpaired) electrons. The van der Waals surface area contributed by atoms with Crippen LogP contribution in [0, 0.1) is 5.82 Å². The zero-order valence-corrected chi connectivity index (χ0v) is 9.53. The maximum atomic E-state index is 12.7. The van der Waals surface area contributed by atoms with Crippen molar-refractivity contribution >= 4 is 17.4 Å². The van der Waals surface area contributed by atoms with Crippen LogP contribution >= 0.6 is 11.6 Å². The highest BCUT2D eigenvalue weighted by Gasteiger charge is 2.14. The fourth-order valence-corrected chi connectivity index (χ4v) is 1.61. The first-order chi connectivity index (χ1) is 8.08. The van der Waals surface area contributed by atoms with Crippen LogP contribution in [0.2, 0.25) is 5.02 Å². The number of rotatable bonds is 2. The SMILES string of the molecule is Nc1ncc(Cl)cc1C(N)c1ccc(F)cn1. The molecule has 4 nitrogen and oxygen atoms in total. The Hall–Kier alpha value is -1.72. The van der Waals surface area contributed by atoms with Crippen LogP contribution in [0.25, 0.3) is 0 Å². The minimum absolute atomic E-state index is 0.285. The molecule has 4 N–H and O–H groups in total. The number of hydrogen-bond donors (Lipinski definition) is 2. The average Bonchev–Trinajstić information content (AvgIpc) is 2.32. The molecule has 2 rings (SSSR count). The average molecular weight is 253 g/mol. The van der Waals surface area contributed by atoms with Crippen molar-refractivity contribution in [2.24, 2.45) is 5.73 Å². The van der Waals surface area contributed by atoms with Gasteiger partial charge in [-0.1, -0.05) is 11.6 Å². The van der Waals surface area contributed by atoms with Gasteiger partial charge in [0.15, 0.2) is 0 Å². The molecule has 0 aromatic carbocycles. The topological polar surface area (TPSA) is 77.8 Å². The number of nitrogen functional groups attached to an aromatic ring is 1. The Morgan fingerprint density at radius 3 is 2.65 bits per heavy atom. The summed E-state index contributed by atoms with van der Waals surface area (Å²) in [6.07, 6.45) is 2.54. The molecule has 0 aliphatic rings. The molecular weight excluding hydrogens is 243 g/mol. The van der Waals surface area contributed by atoms with Crippen molar-refractivity contribution in [3.05, 3.63) is 52.7 Å². The van der Waals surface area contributed by atoms with Crippen molar-refractivity contribution in [1.29, 1.82) is 0 Å². The van der Waals surface area contributed by atoms with Crippen molar-refractivity contribution in [2.75, 3.05) is 5.73 Å². The lowest BCUT2D eigenvalue weighted by Crippen LogP contribution is -2.16. The first kappa shape index (κ1) is 11.8. The van der Waals surface area contributed by atoms with Crippen molar-refractivity contribution in [1.82, 2.24) is 9.97 Å². The summed E-state index contributed by atoms with van der Waals surface area (Å²) in [5.74, 6) is -0.133. The Bertz CT molecular complexity index is 529. The number of pyridine rings is 2. The Morgan fingerprint density at radius 1 is 1.24 bits per heavy atom. The first-order valence-corrected chi connectivity index (χ1v) is 5.23. The fourth-order valence-electron chi connectivity index (χ4n) is 1.45. The minimum Gasteiger partial charge on any atom is -0.383 e. The number of aromatic nitrogens is 2.